The Morgan fingerprint density at radius 2 is 2.21 bits per heavy atom. The fraction of sp³-hybridized carbons (Fsp3) is 0.250. The maximum Gasteiger partial charge on any atom is 0.336 e. The van der Waals surface area contributed by atoms with E-state index in [0.29, 0.717) is 0 Å². The summed E-state index contributed by atoms with van der Waals surface area (Å²) in [5.74, 6) is -0.711. The largest absolute Gasteiger partial charge is 0.481 e. The topological polar surface area (TPSA) is 78.7 Å². The Bertz CT molecular complexity index is 515. The first-order chi connectivity index (χ1) is 8.97. The lowest BCUT2D eigenvalue weighted by Crippen LogP contribution is -2.13. The highest BCUT2D eigenvalue weighted by atomic mass is 35.5. The third kappa shape index (κ3) is 3.96. The number of nitro groups is 1. The fourth-order valence-electron chi connectivity index (χ4n) is 1.24. The predicted molar refractivity (Wildman–Crippen MR) is 69.4 cm³/mol. The number of nitro benzene ring substituents is 1. The van der Waals surface area contributed by atoms with E-state index < -0.39 is 10.9 Å². The number of carbonyl (C=O) groups excluding carboxylic acids is 1. The summed E-state index contributed by atoms with van der Waals surface area (Å²) in [5, 5.41) is 10.9. The summed E-state index contributed by atoms with van der Waals surface area (Å²) < 4.78 is 9.90. The molecule has 102 valence electrons. The second-order valence-corrected chi connectivity index (χ2v) is 3.87. The molecule has 1 rings (SSSR count). The zero-order valence-electron chi connectivity index (χ0n) is 10.2. The van der Waals surface area contributed by atoms with Crippen molar-refractivity contribution in [3.8, 4) is 5.75 Å². The van der Waals surface area contributed by atoms with Crippen molar-refractivity contribution in [2.45, 2.75) is 6.92 Å². The first-order valence-corrected chi connectivity index (χ1v) is 5.75. The number of halogens is 1. The van der Waals surface area contributed by atoms with Crippen LogP contribution in [0.25, 0.3) is 0 Å². The average molecular weight is 286 g/mol. The van der Waals surface area contributed by atoms with Crippen molar-refractivity contribution < 1.29 is 19.2 Å². The Morgan fingerprint density at radius 3 is 2.79 bits per heavy atom. The van der Waals surface area contributed by atoms with Crippen LogP contribution in [0.5, 0.6) is 5.75 Å². The van der Waals surface area contributed by atoms with Gasteiger partial charge in [-0.3, -0.25) is 10.1 Å². The van der Waals surface area contributed by atoms with Gasteiger partial charge >= 0.3 is 11.7 Å². The van der Waals surface area contributed by atoms with Crippen molar-refractivity contribution in [1.29, 1.82) is 0 Å². The van der Waals surface area contributed by atoms with Gasteiger partial charge < -0.3 is 9.47 Å². The molecule has 0 aliphatic rings. The number of para-hydroxylation sites is 1. The van der Waals surface area contributed by atoms with Crippen molar-refractivity contribution in [3.63, 3.8) is 0 Å². The lowest BCUT2D eigenvalue weighted by Gasteiger charge is -2.09. The second-order valence-electron chi connectivity index (χ2n) is 3.46. The van der Waals surface area contributed by atoms with E-state index in [0.717, 1.165) is 0 Å². The monoisotopic (exact) mass is 285 g/mol. The molecule has 1 aromatic rings. The molecule has 0 unspecified atom stereocenters. The number of benzene rings is 1. The van der Waals surface area contributed by atoms with Crippen LogP contribution in [0.3, 0.4) is 0 Å². The maximum atomic E-state index is 11.3. The highest BCUT2D eigenvalue weighted by Crippen LogP contribution is 2.34. The van der Waals surface area contributed by atoms with Gasteiger partial charge in [-0.2, -0.15) is 0 Å². The fourth-order valence-corrected chi connectivity index (χ4v) is 1.46. The molecule has 0 aliphatic heterocycles. The Kier molecular flexibility index (Phi) is 5.32. The van der Waals surface area contributed by atoms with Gasteiger partial charge in [-0.1, -0.05) is 24.2 Å². The van der Waals surface area contributed by atoms with Gasteiger partial charge in [0.05, 0.1) is 22.1 Å². The molecule has 7 heteroatoms. The van der Waals surface area contributed by atoms with Crippen LogP contribution < -0.4 is 4.74 Å². The molecule has 1 aromatic carbocycles. The van der Waals surface area contributed by atoms with Crippen molar-refractivity contribution in [2.75, 3.05) is 13.2 Å². The van der Waals surface area contributed by atoms with Crippen molar-refractivity contribution >= 4 is 23.3 Å². The first kappa shape index (κ1) is 15.0. The standard InChI is InChI=1S/C12H12ClNO5/c1-3-18-12(15)8(2)7-19-11-9(13)5-4-6-10(11)14(16)17/h4-6H,2-3,7H2,1H3. The molecule has 19 heavy (non-hydrogen) atoms. The molecule has 6 nitrogen and oxygen atoms in total. The quantitative estimate of drug-likeness (QED) is 0.347. The van der Waals surface area contributed by atoms with Gasteiger partial charge in [0.1, 0.15) is 6.61 Å². The van der Waals surface area contributed by atoms with Crippen LogP contribution in [0.4, 0.5) is 5.69 Å². The van der Waals surface area contributed by atoms with Crippen LogP contribution in [0, 0.1) is 10.1 Å². The molecule has 0 atom stereocenters. The maximum absolute atomic E-state index is 11.3. The summed E-state index contributed by atoms with van der Waals surface area (Å²) in [6.45, 7) is 5.12. The number of hydrogen-bond acceptors (Lipinski definition) is 5. The summed E-state index contributed by atoms with van der Waals surface area (Å²) in [7, 11) is 0. The zero-order valence-corrected chi connectivity index (χ0v) is 11.0. The molecule has 0 amide bonds. The molecule has 0 bridgehead atoms. The summed E-state index contributed by atoms with van der Waals surface area (Å²) >= 11 is 5.82. The molecule has 0 saturated carbocycles. The molecular formula is C12H12ClNO5. The summed E-state index contributed by atoms with van der Waals surface area (Å²) in [6.07, 6.45) is 0. The number of ether oxygens (including phenoxy) is 2. The van der Waals surface area contributed by atoms with Crippen LogP contribution in [-0.4, -0.2) is 24.1 Å². The van der Waals surface area contributed by atoms with Crippen LogP contribution in [-0.2, 0) is 9.53 Å². The van der Waals surface area contributed by atoms with E-state index in [4.69, 9.17) is 21.1 Å². The minimum atomic E-state index is -0.617. The van der Waals surface area contributed by atoms with E-state index in [1.165, 1.54) is 18.2 Å². The normalized spacial score (nSPS) is 9.79. The Hall–Kier alpha value is -2.08. The summed E-state index contributed by atoms with van der Waals surface area (Å²) in [6, 6.07) is 4.15. The molecule has 0 fully saturated rings. The van der Waals surface area contributed by atoms with Gasteiger partial charge in [-0.15, -0.1) is 0 Å². The average Bonchev–Trinajstić information content (AvgIpc) is 2.36. The number of carbonyl (C=O) groups is 1. The van der Waals surface area contributed by atoms with Crippen molar-refractivity contribution in [1.82, 2.24) is 0 Å². The Morgan fingerprint density at radius 1 is 1.53 bits per heavy atom. The van der Waals surface area contributed by atoms with Gasteiger partial charge in [0.15, 0.2) is 0 Å². The Balaban J connectivity index is 2.80. The van der Waals surface area contributed by atoms with Crippen LogP contribution in [0.15, 0.2) is 30.4 Å². The lowest BCUT2D eigenvalue weighted by molar-refractivity contribution is -0.385. The summed E-state index contributed by atoms with van der Waals surface area (Å²) in [4.78, 5) is 21.5. The minimum absolute atomic E-state index is 0.0519. The molecule has 0 N–H and O–H groups in total. The lowest BCUT2D eigenvalue weighted by atomic mass is 10.3. The Labute approximate surface area is 114 Å². The second kappa shape index (κ2) is 6.75. The highest BCUT2D eigenvalue weighted by molar-refractivity contribution is 6.32. The van der Waals surface area contributed by atoms with E-state index >= 15 is 0 Å². The van der Waals surface area contributed by atoms with E-state index in [1.54, 1.807) is 6.92 Å². The van der Waals surface area contributed by atoms with E-state index in [1.807, 2.05) is 0 Å². The number of esters is 1. The van der Waals surface area contributed by atoms with E-state index in [9.17, 15) is 14.9 Å². The number of rotatable bonds is 6. The summed E-state index contributed by atoms with van der Waals surface area (Å²) in [5.41, 5.74) is -0.222. The third-order valence-electron chi connectivity index (χ3n) is 2.10. The van der Waals surface area contributed by atoms with Gasteiger partial charge in [0.2, 0.25) is 5.75 Å². The smallest absolute Gasteiger partial charge is 0.336 e. The first-order valence-electron chi connectivity index (χ1n) is 5.38. The number of hydrogen-bond donors (Lipinski definition) is 0. The van der Waals surface area contributed by atoms with Crippen LogP contribution >= 0.6 is 11.6 Å². The predicted octanol–water partition coefficient (Wildman–Crippen LogP) is 2.75. The zero-order chi connectivity index (χ0) is 14.4. The molecule has 0 saturated heterocycles. The third-order valence-corrected chi connectivity index (χ3v) is 2.40. The molecule has 0 heterocycles. The minimum Gasteiger partial charge on any atom is -0.481 e. The van der Waals surface area contributed by atoms with Gasteiger partial charge in [0, 0.05) is 6.07 Å². The molecule has 0 spiro atoms. The molecule has 0 aromatic heterocycles. The van der Waals surface area contributed by atoms with Gasteiger partial charge in [-0.05, 0) is 13.0 Å². The SMILES string of the molecule is C=C(COc1c(Cl)cccc1[N+](=O)[O-])C(=O)OCC. The molecular weight excluding hydrogens is 274 g/mol. The highest BCUT2D eigenvalue weighted by Gasteiger charge is 2.19. The molecule has 0 radical (unpaired) electrons. The van der Waals surface area contributed by atoms with E-state index in [2.05, 4.69) is 6.58 Å². The van der Waals surface area contributed by atoms with Crippen molar-refractivity contribution in [2.24, 2.45) is 0 Å². The van der Waals surface area contributed by atoms with Gasteiger partial charge in [0.25, 0.3) is 0 Å². The molecule has 0 aliphatic carbocycles. The van der Waals surface area contributed by atoms with Gasteiger partial charge in [-0.25, -0.2) is 4.79 Å². The van der Waals surface area contributed by atoms with Crippen LogP contribution in [0.1, 0.15) is 6.92 Å². The van der Waals surface area contributed by atoms with Crippen molar-refractivity contribution in [3.05, 3.63) is 45.5 Å². The van der Waals surface area contributed by atoms with E-state index in [-0.39, 0.29) is 35.2 Å². The number of nitrogens with zero attached hydrogens (tertiary/aromatic N) is 1. The van der Waals surface area contributed by atoms with Crippen LogP contribution in [0.2, 0.25) is 5.02 Å².